The van der Waals surface area contributed by atoms with Crippen LogP contribution < -0.4 is 52.5 Å². The highest BCUT2D eigenvalue weighted by molar-refractivity contribution is 5.98. The highest BCUT2D eigenvalue weighted by atomic mass is 19.1. The molecular weight excluding hydrogens is 1130 g/mol. The maximum Gasteiger partial charge on any atom is 0.291 e. The molecule has 470 valence electrons. The van der Waals surface area contributed by atoms with Crippen molar-refractivity contribution in [3.63, 3.8) is 0 Å². The van der Waals surface area contributed by atoms with Crippen molar-refractivity contribution >= 4 is 35.0 Å². The largest absolute Gasteiger partial charge is 0.451 e. The van der Waals surface area contributed by atoms with Crippen molar-refractivity contribution < 1.29 is 46.9 Å². The van der Waals surface area contributed by atoms with Crippen LogP contribution in [0.4, 0.5) is 20.2 Å². The average Bonchev–Trinajstić information content (AvgIpc) is 1.82. The first kappa shape index (κ1) is 62.2. The predicted octanol–water partition coefficient (Wildman–Crippen LogP) is 3.09. The average molecular weight is 1220 g/mol. The Morgan fingerprint density at radius 2 is 0.955 bits per heavy atom. The predicted molar refractivity (Wildman–Crippen MR) is 326 cm³/mol. The van der Waals surface area contributed by atoms with Gasteiger partial charge in [0.2, 0.25) is 23.6 Å². The second-order valence-corrected chi connectivity index (χ2v) is 25.8. The third kappa shape index (κ3) is 13.6. The number of benzene rings is 3. The van der Waals surface area contributed by atoms with E-state index in [1.165, 1.54) is 48.5 Å². The SMILES string of the molecule is C[C@@H]1CN(CC(=O)N2CC(C)(C)c3[nH]c(=O)c(Oc4ccc(F)cc4)cc32)[C@@H](CN2CCOC(C(N)=O)C2Cc2ccc(CC3C(C(N)=O)OCCN3C[C@H]3CN[C@H](C)CN3CC(=O)N3CC(C)(C)c4[nH]c(=O)c(Oc5ccc(F)cc5)cc43)cc2)CN1. The number of H-pyrrole nitrogens is 2. The van der Waals surface area contributed by atoms with E-state index < -0.39 is 69.7 Å². The van der Waals surface area contributed by atoms with Gasteiger partial charge in [-0.1, -0.05) is 52.0 Å². The molecular formula is C64H80F2N12O10. The third-order valence-electron chi connectivity index (χ3n) is 18.2. The van der Waals surface area contributed by atoms with Crippen LogP contribution in [0.5, 0.6) is 23.0 Å². The number of carbonyl (C=O) groups is 4. The number of hydrogen-bond acceptors (Lipinski definition) is 16. The van der Waals surface area contributed by atoms with E-state index in [4.69, 9.17) is 30.4 Å². The van der Waals surface area contributed by atoms with Gasteiger partial charge in [-0.25, -0.2) is 8.78 Å². The molecule has 4 saturated heterocycles. The maximum absolute atomic E-state index is 14.6. The summed E-state index contributed by atoms with van der Waals surface area (Å²) in [7, 11) is 0. The van der Waals surface area contributed by atoms with Crippen molar-refractivity contribution in [1.29, 1.82) is 0 Å². The van der Waals surface area contributed by atoms with E-state index in [1.807, 2.05) is 52.0 Å². The Morgan fingerprint density at radius 1 is 0.580 bits per heavy atom. The standard InChI is InChI=1S/C64H80F2N12O10/c1-37-29-75(33-53(79)77-35-63(3,4)57-49(77)25-51(61(83)71-57)87-45-15-11-41(65)12-16-45)43(27-69-37)31-73-19-21-85-55(59(67)81)47(73)23-39-7-9-40(10-8-39)24-48-56(60(68)82)86-22-20-74(48)32-44-28-70-38(2)30-76(44)34-54(80)78-36-64(5,6)58-50(78)26-52(62(84)72-58)88-46-17-13-42(66)14-18-46/h7-18,25-26,37-38,43-44,47-48,55-56,69-70H,19-24,27-36H2,1-6H3,(H2,67,81)(H2,68,82)(H,71,83)(H,72,84)/t37-,38-,43-,44-,47?,48?,55?,56?/m1/s1. The van der Waals surface area contributed by atoms with E-state index >= 15 is 0 Å². The third-order valence-corrected chi connectivity index (χ3v) is 18.2. The Kier molecular flexibility index (Phi) is 18.1. The number of anilines is 2. The van der Waals surface area contributed by atoms with Gasteiger partial charge in [0.15, 0.2) is 23.7 Å². The second-order valence-electron chi connectivity index (χ2n) is 25.8. The summed E-state index contributed by atoms with van der Waals surface area (Å²) < 4.78 is 51.4. The molecule has 2 aromatic heterocycles. The van der Waals surface area contributed by atoms with Gasteiger partial charge in [0.05, 0.1) is 37.7 Å². The number of fused-ring (bicyclic) bond motifs is 2. The minimum absolute atomic E-state index is 0.0158. The molecule has 4 amide bonds. The smallest absolute Gasteiger partial charge is 0.291 e. The fourth-order valence-corrected chi connectivity index (χ4v) is 13.6. The van der Waals surface area contributed by atoms with E-state index in [0.29, 0.717) is 101 Å². The van der Waals surface area contributed by atoms with Gasteiger partial charge >= 0.3 is 0 Å². The Balaban J connectivity index is 0.762. The Labute approximate surface area is 509 Å². The van der Waals surface area contributed by atoms with Crippen LogP contribution >= 0.6 is 0 Å². The summed E-state index contributed by atoms with van der Waals surface area (Å²) in [6.45, 7) is 17.8. The van der Waals surface area contributed by atoms with Gasteiger partial charge < -0.3 is 60.8 Å². The molecule has 88 heavy (non-hydrogen) atoms. The van der Waals surface area contributed by atoms with Gasteiger partial charge in [-0.3, -0.25) is 48.4 Å². The summed E-state index contributed by atoms with van der Waals surface area (Å²) in [4.78, 5) is 100. The lowest BCUT2D eigenvalue weighted by Crippen LogP contribution is -2.64. The molecule has 0 radical (unpaired) electrons. The Bertz CT molecular complexity index is 3290. The van der Waals surface area contributed by atoms with Gasteiger partial charge in [0.1, 0.15) is 23.1 Å². The lowest BCUT2D eigenvalue weighted by Gasteiger charge is -2.46. The van der Waals surface area contributed by atoms with Crippen LogP contribution in [0.1, 0.15) is 64.1 Å². The molecule has 0 spiro atoms. The number of nitrogens with zero attached hydrogens (tertiary/aromatic N) is 6. The van der Waals surface area contributed by atoms with Crippen LogP contribution in [-0.4, -0.2) is 193 Å². The van der Waals surface area contributed by atoms with Crippen LogP contribution in [-0.2, 0) is 52.3 Å². The number of rotatable bonds is 18. The van der Waals surface area contributed by atoms with Crippen LogP contribution in [0, 0.1) is 11.6 Å². The molecule has 0 bridgehead atoms. The number of ether oxygens (including phenoxy) is 4. The van der Waals surface area contributed by atoms with Crippen LogP contribution in [0.15, 0.2) is 94.5 Å². The number of pyridine rings is 2. The van der Waals surface area contributed by atoms with E-state index in [-0.39, 0.29) is 85.3 Å². The summed E-state index contributed by atoms with van der Waals surface area (Å²) >= 11 is 0. The van der Waals surface area contributed by atoms with Gasteiger partial charge in [-0.15, -0.1) is 0 Å². The van der Waals surface area contributed by atoms with Gasteiger partial charge in [-0.05, 0) is 86.3 Å². The summed E-state index contributed by atoms with van der Waals surface area (Å²) in [5.41, 5.74) is 14.3. The first-order valence-electron chi connectivity index (χ1n) is 30.3. The number of carbonyl (C=O) groups excluding carboxylic acids is 4. The topological polar surface area (TPSA) is 266 Å². The number of hydrogen-bond donors (Lipinski definition) is 6. The van der Waals surface area contributed by atoms with Crippen molar-refractivity contribution in [1.82, 2.24) is 40.2 Å². The lowest BCUT2D eigenvalue weighted by molar-refractivity contribution is -0.143. The first-order valence-corrected chi connectivity index (χ1v) is 30.3. The van der Waals surface area contributed by atoms with Crippen LogP contribution in [0.3, 0.4) is 0 Å². The minimum Gasteiger partial charge on any atom is -0.451 e. The molecule has 0 aliphatic carbocycles. The zero-order chi connectivity index (χ0) is 62.3. The Hall–Kier alpha value is -7.42. The fourth-order valence-electron chi connectivity index (χ4n) is 13.6. The molecule has 3 aromatic carbocycles. The molecule has 11 rings (SSSR count). The summed E-state index contributed by atoms with van der Waals surface area (Å²) in [6.07, 6.45) is -0.955. The van der Waals surface area contributed by atoms with Crippen molar-refractivity contribution in [2.24, 2.45) is 11.5 Å². The molecule has 8 atom stereocenters. The number of nitrogens with two attached hydrogens (primary N) is 2. The Morgan fingerprint density at radius 3 is 1.32 bits per heavy atom. The van der Waals surface area contributed by atoms with E-state index in [2.05, 4.69) is 54.0 Å². The highest BCUT2D eigenvalue weighted by Crippen LogP contribution is 2.42. The first-order chi connectivity index (χ1) is 42.0. The summed E-state index contributed by atoms with van der Waals surface area (Å²) in [5.74, 6) is -1.80. The monoisotopic (exact) mass is 1210 g/mol. The molecule has 6 aliphatic heterocycles. The molecule has 0 saturated carbocycles. The molecule has 8 N–H and O–H groups in total. The number of piperazine rings is 2. The zero-order valence-electron chi connectivity index (χ0n) is 50.7. The van der Waals surface area contributed by atoms with Crippen LogP contribution in [0.2, 0.25) is 0 Å². The number of nitrogens with one attached hydrogen (secondary N) is 4. The second kappa shape index (κ2) is 25.6. The molecule has 4 fully saturated rings. The zero-order valence-corrected chi connectivity index (χ0v) is 50.7. The number of aromatic amines is 2. The number of halogens is 2. The number of primary amides is 2. The van der Waals surface area contributed by atoms with Crippen molar-refractivity contribution in [3.8, 4) is 23.0 Å². The quantitative estimate of drug-likeness (QED) is 0.0736. The molecule has 4 unspecified atom stereocenters. The van der Waals surface area contributed by atoms with Crippen molar-refractivity contribution in [2.75, 3.05) is 102 Å². The van der Waals surface area contributed by atoms with Gasteiger partial charge in [0.25, 0.3) is 11.1 Å². The fraction of sp³-hybridized carbons (Fsp3) is 0.500. The lowest BCUT2D eigenvalue weighted by atomic mass is 9.91. The van der Waals surface area contributed by atoms with Crippen LogP contribution in [0.25, 0.3) is 0 Å². The number of amides is 4. The summed E-state index contributed by atoms with van der Waals surface area (Å²) in [6, 6.07) is 21.0. The molecule has 5 aromatic rings. The minimum atomic E-state index is -0.905. The number of aromatic nitrogens is 2. The normalized spacial score (nSPS) is 25.7. The van der Waals surface area contributed by atoms with E-state index in [9.17, 15) is 37.5 Å². The molecule has 24 heteroatoms. The molecule has 8 heterocycles. The highest BCUT2D eigenvalue weighted by Gasteiger charge is 2.45. The van der Waals surface area contributed by atoms with Gasteiger partial charge in [0, 0.05) is 136 Å². The van der Waals surface area contributed by atoms with Crippen molar-refractivity contribution in [2.45, 2.75) is 114 Å². The maximum atomic E-state index is 14.6. The van der Waals surface area contributed by atoms with Crippen molar-refractivity contribution in [3.05, 3.63) is 140 Å². The number of morpholine rings is 2. The summed E-state index contributed by atoms with van der Waals surface area (Å²) in [5, 5.41) is 7.19. The van der Waals surface area contributed by atoms with E-state index in [0.717, 1.165) is 11.1 Å². The van der Waals surface area contributed by atoms with Gasteiger partial charge in [-0.2, -0.15) is 0 Å². The van der Waals surface area contributed by atoms with E-state index in [1.54, 1.807) is 21.9 Å². The molecule has 6 aliphatic rings. The molecule has 22 nitrogen and oxygen atoms in total.